The number of furan rings is 1. The molecule has 18 heavy (non-hydrogen) atoms. The van der Waals surface area contributed by atoms with Crippen LogP contribution in [0.15, 0.2) is 22.8 Å². The van der Waals surface area contributed by atoms with Crippen LogP contribution in [0.1, 0.15) is 19.6 Å². The number of hydrogen-bond donors (Lipinski definition) is 1. The van der Waals surface area contributed by atoms with Gasteiger partial charge in [-0.25, -0.2) is 0 Å². The molecule has 0 unspecified atom stereocenters. The van der Waals surface area contributed by atoms with E-state index in [0.717, 1.165) is 0 Å². The summed E-state index contributed by atoms with van der Waals surface area (Å²) >= 11 is 0. The highest BCUT2D eigenvalue weighted by Crippen LogP contribution is 2.13. The van der Waals surface area contributed by atoms with Crippen LogP contribution < -0.4 is 4.72 Å². The number of ether oxygens (including phenoxy) is 1. The Morgan fingerprint density at radius 2 is 2.06 bits per heavy atom. The fourth-order valence-corrected chi connectivity index (χ4v) is 3.31. The van der Waals surface area contributed by atoms with E-state index in [1.54, 1.807) is 12.1 Å². The summed E-state index contributed by atoms with van der Waals surface area (Å²) in [6.07, 6.45) is 1.34. The minimum absolute atomic E-state index is 0.0889. The number of hydrogen-bond acceptors (Lipinski definition) is 4. The summed E-state index contributed by atoms with van der Waals surface area (Å²) in [5, 5.41) is 0. The molecule has 0 radical (unpaired) electrons. The van der Waals surface area contributed by atoms with Crippen LogP contribution >= 0.6 is 0 Å². The molecule has 0 aromatic carbocycles. The van der Waals surface area contributed by atoms with Gasteiger partial charge in [-0.05, 0) is 26.0 Å². The Hall–Kier alpha value is -0.890. The van der Waals surface area contributed by atoms with Gasteiger partial charge in [-0.15, -0.1) is 0 Å². The first-order valence-electron chi connectivity index (χ1n) is 5.90. The van der Waals surface area contributed by atoms with E-state index in [9.17, 15) is 8.42 Å². The van der Waals surface area contributed by atoms with Gasteiger partial charge < -0.3 is 9.15 Å². The van der Waals surface area contributed by atoms with Crippen molar-refractivity contribution in [3.8, 4) is 0 Å². The molecule has 1 N–H and O–H groups in total. The van der Waals surface area contributed by atoms with Crippen LogP contribution in [-0.4, -0.2) is 38.0 Å². The van der Waals surface area contributed by atoms with Crippen molar-refractivity contribution < 1.29 is 17.6 Å². The second-order valence-electron chi connectivity index (χ2n) is 4.48. The van der Waals surface area contributed by atoms with Crippen molar-refractivity contribution in [2.75, 3.05) is 13.1 Å². The van der Waals surface area contributed by atoms with Crippen molar-refractivity contribution in [2.45, 2.75) is 32.6 Å². The number of nitrogens with one attached hydrogen (secondary N) is 1. The van der Waals surface area contributed by atoms with Crippen molar-refractivity contribution in [3.63, 3.8) is 0 Å². The lowest BCUT2D eigenvalue weighted by Gasteiger charge is -2.34. The molecule has 1 aliphatic rings. The van der Waals surface area contributed by atoms with E-state index in [1.807, 2.05) is 13.8 Å². The number of morpholine rings is 1. The highest BCUT2D eigenvalue weighted by molar-refractivity contribution is 7.87. The Labute approximate surface area is 107 Å². The summed E-state index contributed by atoms with van der Waals surface area (Å²) in [6.45, 7) is 4.64. The Morgan fingerprint density at radius 1 is 1.39 bits per heavy atom. The molecule has 1 aliphatic heterocycles. The molecule has 1 aromatic heterocycles. The maximum Gasteiger partial charge on any atom is 0.280 e. The van der Waals surface area contributed by atoms with E-state index >= 15 is 0 Å². The SMILES string of the molecule is C[C@@H]1CN(S(=O)(=O)NCc2ccco2)C[C@@H](C)O1. The van der Waals surface area contributed by atoms with E-state index < -0.39 is 10.2 Å². The van der Waals surface area contributed by atoms with Crippen molar-refractivity contribution in [1.29, 1.82) is 0 Å². The summed E-state index contributed by atoms with van der Waals surface area (Å²) < 4.78 is 38.7. The zero-order chi connectivity index (χ0) is 13.2. The molecule has 7 heteroatoms. The largest absolute Gasteiger partial charge is 0.468 e. The molecule has 2 rings (SSSR count). The quantitative estimate of drug-likeness (QED) is 0.878. The molecule has 0 bridgehead atoms. The van der Waals surface area contributed by atoms with Gasteiger partial charge in [-0.1, -0.05) is 0 Å². The first kappa shape index (κ1) is 13.5. The minimum Gasteiger partial charge on any atom is -0.468 e. The van der Waals surface area contributed by atoms with Crippen LogP contribution in [-0.2, 0) is 21.5 Å². The minimum atomic E-state index is -3.48. The molecule has 0 amide bonds. The fraction of sp³-hybridized carbons (Fsp3) is 0.636. The maximum absolute atomic E-state index is 12.1. The van der Waals surface area contributed by atoms with E-state index in [2.05, 4.69) is 4.72 Å². The molecule has 2 atom stereocenters. The Morgan fingerprint density at radius 3 is 2.61 bits per heavy atom. The zero-order valence-corrected chi connectivity index (χ0v) is 11.3. The van der Waals surface area contributed by atoms with E-state index in [0.29, 0.717) is 18.8 Å². The van der Waals surface area contributed by atoms with Crippen molar-refractivity contribution in [1.82, 2.24) is 9.03 Å². The molecular weight excluding hydrogens is 256 g/mol. The van der Waals surface area contributed by atoms with Crippen LogP contribution in [0.5, 0.6) is 0 Å². The third kappa shape index (κ3) is 3.32. The van der Waals surface area contributed by atoms with Gasteiger partial charge in [0.2, 0.25) is 0 Å². The smallest absolute Gasteiger partial charge is 0.280 e. The topological polar surface area (TPSA) is 71.8 Å². The number of rotatable bonds is 4. The molecule has 0 aliphatic carbocycles. The normalized spacial score (nSPS) is 26.3. The van der Waals surface area contributed by atoms with Crippen LogP contribution in [0.25, 0.3) is 0 Å². The van der Waals surface area contributed by atoms with Gasteiger partial charge in [0.25, 0.3) is 10.2 Å². The van der Waals surface area contributed by atoms with Gasteiger partial charge in [-0.3, -0.25) is 0 Å². The molecule has 0 spiro atoms. The molecule has 102 valence electrons. The Bertz CT molecular complexity index is 461. The average molecular weight is 274 g/mol. The van der Waals surface area contributed by atoms with Crippen LogP contribution in [0.4, 0.5) is 0 Å². The molecule has 0 saturated carbocycles. The molecule has 1 aromatic rings. The third-order valence-electron chi connectivity index (χ3n) is 2.73. The van der Waals surface area contributed by atoms with Crippen LogP contribution in [0.2, 0.25) is 0 Å². The summed E-state index contributed by atoms with van der Waals surface area (Å²) in [4.78, 5) is 0. The summed E-state index contributed by atoms with van der Waals surface area (Å²) in [6, 6.07) is 3.45. The van der Waals surface area contributed by atoms with Crippen molar-refractivity contribution in [2.24, 2.45) is 0 Å². The lowest BCUT2D eigenvalue weighted by molar-refractivity contribution is -0.0444. The summed E-state index contributed by atoms with van der Waals surface area (Å²) in [5.41, 5.74) is 0. The Kier molecular flexibility index (Phi) is 4.06. The standard InChI is InChI=1S/C11H18N2O4S/c1-9-7-13(8-10(2)17-9)18(14,15)12-6-11-4-3-5-16-11/h3-5,9-10,12H,6-8H2,1-2H3/t9-,10-/m1/s1. The molecule has 1 fully saturated rings. The van der Waals surface area contributed by atoms with Gasteiger partial charge in [0.05, 0.1) is 25.0 Å². The Balaban J connectivity index is 1.97. The lowest BCUT2D eigenvalue weighted by atomic mass is 10.3. The summed E-state index contributed by atoms with van der Waals surface area (Å²) in [5.74, 6) is 0.591. The first-order chi connectivity index (χ1) is 8.47. The third-order valence-corrected chi connectivity index (χ3v) is 4.22. The average Bonchev–Trinajstić information content (AvgIpc) is 2.78. The van der Waals surface area contributed by atoms with Gasteiger partial charge in [0, 0.05) is 13.1 Å². The van der Waals surface area contributed by atoms with E-state index in [4.69, 9.17) is 9.15 Å². The molecule has 6 nitrogen and oxygen atoms in total. The van der Waals surface area contributed by atoms with Crippen LogP contribution in [0.3, 0.4) is 0 Å². The zero-order valence-electron chi connectivity index (χ0n) is 10.5. The van der Waals surface area contributed by atoms with E-state index in [1.165, 1.54) is 10.6 Å². The number of nitrogens with zero attached hydrogens (tertiary/aromatic N) is 1. The highest BCUT2D eigenvalue weighted by Gasteiger charge is 2.30. The summed E-state index contributed by atoms with van der Waals surface area (Å²) in [7, 11) is -3.48. The first-order valence-corrected chi connectivity index (χ1v) is 7.34. The molecular formula is C11H18N2O4S. The highest BCUT2D eigenvalue weighted by atomic mass is 32.2. The van der Waals surface area contributed by atoms with Crippen molar-refractivity contribution >= 4 is 10.2 Å². The second-order valence-corrected chi connectivity index (χ2v) is 6.24. The van der Waals surface area contributed by atoms with Gasteiger partial charge >= 0.3 is 0 Å². The molecule has 1 saturated heterocycles. The maximum atomic E-state index is 12.1. The van der Waals surface area contributed by atoms with Crippen LogP contribution in [0, 0.1) is 0 Å². The molecule has 2 heterocycles. The predicted molar refractivity (Wildman–Crippen MR) is 66.0 cm³/mol. The van der Waals surface area contributed by atoms with Crippen molar-refractivity contribution in [3.05, 3.63) is 24.2 Å². The fourth-order valence-electron chi connectivity index (χ4n) is 1.99. The van der Waals surface area contributed by atoms with Gasteiger partial charge in [0.1, 0.15) is 5.76 Å². The van der Waals surface area contributed by atoms with E-state index in [-0.39, 0.29) is 18.8 Å². The van der Waals surface area contributed by atoms with Gasteiger partial charge in [-0.2, -0.15) is 17.4 Å². The monoisotopic (exact) mass is 274 g/mol. The lowest BCUT2D eigenvalue weighted by Crippen LogP contribution is -2.51. The van der Waals surface area contributed by atoms with Gasteiger partial charge in [0.15, 0.2) is 0 Å². The second kappa shape index (κ2) is 5.40. The predicted octanol–water partition coefficient (Wildman–Crippen LogP) is 0.723.